The highest BCUT2D eigenvalue weighted by Gasteiger charge is 2.05. The van der Waals surface area contributed by atoms with Crippen molar-refractivity contribution in [2.24, 2.45) is 0 Å². The van der Waals surface area contributed by atoms with Crippen LogP contribution in [0.25, 0.3) is 0 Å². The Kier molecular flexibility index (Phi) is 4.51. The summed E-state index contributed by atoms with van der Waals surface area (Å²) in [6.07, 6.45) is 1.18. The third kappa shape index (κ3) is 3.39. The van der Waals surface area contributed by atoms with E-state index < -0.39 is 6.10 Å². The molecule has 1 atom stereocenters. The highest BCUT2D eigenvalue weighted by atomic mass is 35.5. The maximum Gasteiger partial charge on any atom is 0.101 e. The van der Waals surface area contributed by atoms with Crippen molar-refractivity contribution in [1.82, 2.24) is 4.98 Å². The van der Waals surface area contributed by atoms with Crippen LogP contribution in [0.15, 0.2) is 46.5 Å². The van der Waals surface area contributed by atoms with Gasteiger partial charge in [-0.05, 0) is 42.8 Å². The Bertz CT molecular complexity index is 560. The molecule has 18 heavy (non-hydrogen) atoms. The Morgan fingerprint density at radius 3 is 2.61 bits per heavy atom. The minimum Gasteiger partial charge on any atom is -0.389 e. The number of halogens is 2. The molecule has 0 amide bonds. The molecular weight excluding hydrogens is 289 g/mol. The molecule has 0 bridgehead atoms. The van der Waals surface area contributed by atoms with Gasteiger partial charge in [0.1, 0.15) is 5.03 Å². The Balaban J connectivity index is 2.23. The lowest BCUT2D eigenvalue weighted by molar-refractivity contribution is 0.199. The van der Waals surface area contributed by atoms with E-state index in [0.29, 0.717) is 10.0 Å². The van der Waals surface area contributed by atoms with Gasteiger partial charge in [-0.2, -0.15) is 0 Å². The van der Waals surface area contributed by atoms with Crippen molar-refractivity contribution >= 4 is 35.0 Å². The fourth-order valence-electron chi connectivity index (χ4n) is 1.40. The molecule has 5 heteroatoms. The van der Waals surface area contributed by atoms with E-state index in [1.54, 1.807) is 31.3 Å². The van der Waals surface area contributed by atoms with Crippen molar-refractivity contribution in [2.45, 2.75) is 22.9 Å². The van der Waals surface area contributed by atoms with Gasteiger partial charge in [-0.1, -0.05) is 35.0 Å². The first-order valence-corrected chi connectivity index (χ1v) is 6.90. The van der Waals surface area contributed by atoms with Crippen LogP contribution in [0.5, 0.6) is 0 Å². The minimum atomic E-state index is -0.499. The van der Waals surface area contributed by atoms with Gasteiger partial charge in [0, 0.05) is 11.1 Å². The molecule has 1 aromatic heterocycles. The summed E-state index contributed by atoms with van der Waals surface area (Å²) in [7, 11) is 0. The maximum atomic E-state index is 9.52. The first kappa shape index (κ1) is 13.7. The summed E-state index contributed by atoms with van der Waals surface area (Å²) in [4.78, 5) is 5.20. The Hall–Kier alpha value is -0.740. The van der Waals surface area contributed by atoms with Crippen LogP contribution in [-0.4, -0.2) is 10.1 Å². The third-order valence-corrected chi connectivity index (χ3v) is 4.02. The summed E-state index contributed by atoms with van der Waals surface area (Å²) < 4.78 is 0. The van der Waals surface area contributed by atoms with E-state index in [9.17, 15) is 5.11 Å². The van der Waals surface area contributed by atoms with Gasteiger partial charge >= 0.3 is 0 Å². The molecule has 2 nitrogen and oxygen atoms in total. The number of hydrogen-bond acceptors (Lipinski definition) is 3. The van der Waals surface area contributed by atoms with Crippen molar-refractivity contribution in [3.8, 4) is 0 Å². The zero-order valence-electron chi connectivity index (χ0n) is 9.60. The highest BCUT2D eigenvalue weighted by molar-refractivity contribution is 7.99. The van der Waals surface area contributed by atoms with Crippen LogP contribution in [0, 0.1) is 0 Å². The molecule has 0 fully saturated rings. The second-order valence-corrected chi connectivity index (χ2v) is 5.69. The van der Waals surface area contributed by atoms with Crippen LogP contribution < -0.4 is 0 Å². The molecule has 0 saturated heterocycles. The zero-order chi connectivity index (χ0) is 13.1. The van der Waals surface area contributed by atoms with Crippen LogP contribution in [0.1, 0.15) is 18.6 Å². The predicted octanol–water partition coefficient (Wildman–Crippen LogP) is 4.59. The number of benzene rings is 1. The van der Waals surface area contributed by atoms with Crippen molar-refractivity contribution < 1.29 is 5.11 Å². The van der Waals surface area contributed by atoms with Crippen LogP contribution in [-0.2, 0) is 0 Å². The second-order valence-electron chi connectivity index (χ2n) is 3.78. The van der Waals surface area contributed by atoms with Crippen molar-refractivity contribution in [1.29, 1.82) is 0 Å². The fourth-order valence-corrected chi connectivity index (χ4v) is 2.63. The number of pyridine rings is 1. The first-order valence-electron chi connectivity index (χ1n) is 5.33. The van der Waals surface area contributed by atoms with Crippen molar-refractivity contribution in [3.05, 3.63) is 52.1 Å². The highest BCUT2D eigenvalue weighted by Crippen LogP contribution is 2.32. The molecule has 2 rings (SSSR count). The zero-order valence-corrected chi connectivity index (χ0v) is 11.9. The molecule has 0 aliphatic carbocycles. The quantitative estimate of drug-likeness (QED) is 0.899. The van der Waals surface area contributed by atoms with E-state index in [2.05, 4.69) is 4.98 Å². The molecule has 1 aromatic carbocycles. The summed E-state index contributed by atoms with van der Waals surface area (Å²) in [5.74, 6) is 0. The largest absolute Gasteiger partial charge is 0.389 e. The van der Waals surface area contributed by atoms with E-state index in [-0.39, 0.29) is 0 Å². The summed E-state index contributed by atoms with van der Waals surface area (Å²) in [6.45, 7) is 1.73. The monoisotopic (exact) mass is 299 g/mol. The normalized spacial score (nSPS) is 12.4. The molecule has 0 aliphatic rings. The molecule has 94 valence electrons. The number of aromatic nitrogens is 1. The average molecular weight is 300 g/mol. The van der Waals surface area contributed by atoms with Gasteiger partial charge in [0.2, 0.25) is 0 Å². The van der Waals surface area contributed by atoms with Gasteiger partial charge < -0.3 is 5.11 Å². The Morgan fingerprint density at radius 1 is 1.17 bits per heavy atom. The third-order valence-electron chi connectivity index (χ3n) is 2.35. The van der Waals surface area contributed by atoms with Gasteiger partial charge in [-0.25, -0.2) is 4.98 Å². The van der Waals surface area contributed by atoms with Gasteiger partial charge in [0.15, 0.2) is 0 Å². The summed E-state index contributed by atoms with van der Waals surface area (Å²) in [6, 6.07) is 9.09. The SMILES string of the molecule is C[C@@H](O)c1ccnc(Sc2ccc(Cl)c(Cl)c2)c1. The van der Waals surface area contributed by atoms with Crippen LogP contribution in [0.3, 0.4) is 0 Å². The molecular formula is C13H11Cl2NOS. The predicted molar refractivity (Wildman–Crippen MR) is 75.5 cm³/mol. The lowest BCUT2D eigenvalue weighted by Gasteiger charge is -2.07. The minimum absolute atomic E-state index is 0.499. The smallest absolute Gasteiger partial charge is 0.101 e. The number of nitrogens with zero attached hydrogens (tertiary/aromatic N) is 1. The van der Waals surface area contributed by atoms with Crippen molar-refractivity contribution in [2.75, 3.05) is 0 Å². The summed E-state index contributed by atoms with van der Waals surface area (Å²) >= 11 is 13.3. The second kappa shape index (κ2) is 5.93. The van der Waals surface area contributed by atoms with Gasteiger partial charge in [-0.3, -0.25) is 0 Å². The standard InChI is InChI=1S/C13H11Cl2NOS/c1-8(17)9-4-5-16-13(6-9)18-10-2-3-11(14)12(15)7-10/h2-8,17H,1H3/t8-/m1/s1. The summed E-state index contributed by atoms with van der Waals surface area (Å²) in [5.41, 5.74) is 0.840. The van der Waals surface area contributed by atoms with E-state index >= 15 is 0 Å². The molecule has 0 radical (unpaired) electrons. The van der Waals surface area contributed by atoms with Crippen LogP contribution in [0.2, 0.25) is 10.0 Å². The molecule has 1 N–H and O–H groups in total. The number of hydrogen-bond donors (Lipinski definition) is 1. The molecule has 2 aromatic rings. The topological polar surface area (TPSA) is 33.1 Å². The fraction of sp³-hybridized carbons (Fsp3) is 0.154. The van der Waals surface area contributed by atoms with E-state index in [4.69, 9.17) is 23.2 Å². The maximum absolute atomic E-state index is 9.52. The molecule has 0 unspecified atom stereocenters. The van der Waals surface area contributed by atoms with E-state index in [0.717, 1.165) is 15.5 Å². The van der Waals surface area contributed by atoms with Crippen LogP contribution in [0.4, 0.5) is 0 Å². The lowest BCUT2D eigenvalue weighted by atomic mass is 10.2. The van der Waals surface area contributed by atoms with Crippen LogP contribution >= 0.6 is 35.0 Å². The molecule has 0 spiro atoms. The first-order chi connectivity index (χ1) is 8.56. The molecule has 0 aliphatic heterocycles. The van der Waals surface area contributed by atoms with Gasteiger partial charge in [0.25, 0.3) is 0 Å². The van der Waals surface area contributed by atoms with E-state index in [1.807, 2.05) is 12.1 Å². The molecule has 1 heterocycles. The average Bonchev–Trinajstić information content (AvgIpc) is 2.34. The Labute approximate surface area is 120 Å². The van der Waals surface area contributed by atoms with Gasteiger partial charge in [-0.15, -0.1) is 0 Å². The van der Waals surface area contributed by atoms with Crippen molar-refractivity contribution in [3.63, 3.8) is 0 Å². The molecule has 0 saturated carbocycles. The van der Waals surface area contributed by atoms with Gasteiger partial charge in [0.05, 0.1) is 16.1 Å². The van der Waals surface area contributed by atoms with E-state index in [1.165, 1.54) is 11.8 Å². The number of aliphatic hydroxyl groups is 1. The number of aliphatic hydroxyl groups excluding tert-OH is 1. The Morgan fingerprint density at radius 2 is 1.94 bits per heavy atom. The summed E-state index contributed by atoms with van der Waals surface area (Å²) in [5, 5.41) is 11.4. The number of rotatable bonds is 3. The lowest BCUT2D eigenvalue weighted by Crippen LogP contribution is -1.92.